The number of aromatic nitrogens is 2. The van der Waals surface area contributed by atoms with Crippen molar-refractivity contribution < 1.29 is 32.6 Å². The summed E-state index contributed by atoms with van der Waals surface area (Å²) in [5, 5.41) is 7.06. The Morgan fingerprint density at radius 2 is 1.62 bits per heavy atom. The van der Waals surface area contributed by atoms with Gasteiger partial charge in [0.1, 0.15) is 34.2 Å². The van der Waals surface area contributed by atoms with Crippen LogP contribution in [0.25, 0.3) is 0 Å². The van der Waals surface area contributed by atoms with Crippen molar-refractivity contribution in [3.8, 4) is 23.3 Å². The van der Waals surface area contributed by atoms with Crippen molar-refractivity contribution in [1.82, 2.24) is 15.3 Å². The van der Waals surface area contributed by atoms with Crippen molar-refractivity contribution in [3.05, 3.63) is 102 Å². The second-order valence-corrected chi connectivity index (χ2v) is 10.4. The Kier molecular flexibility index (Phi) is 9.90. The van der Waals surface area contributed by atoms with E-state index < -0.39 is 35.3 Å². The van der Waals surface area contributed by atoms with Crippen LogP contribution in [0, 0.1) is 23.5 Å². The summed E-state index contributed by atoms with van der Waals surface area (Å²) in [6.45, 7) is 5.25. The first-order valence-electron chi connectivity index (χ1n) is 13.4. The Hall–Kier alpha value is -6.03. The van der Waals surface area contributed by atoms with Crippen molar-refractivity contribution in [2.24, 2.45) is 0 Å². The van der Waals surface area contributed by atoms with E-state index in [1.54, 1.807) is 32.9 Å². The van der Waals surface area contributed by atoms with Crippen molar-refractivity contribution >= 4 is 35.2 Å². The summed E-state index contributed by atoms with van der Waals surface area (Å²) in [6.07, 6.45) is 2.00. The third kappa shape index (κ3) is 9.75. The monoisotopic (exact) mass is 614 g/mol. The molecule has 13 heteroatoms. The summed E-state index contributed by atoms with van der Waals surface area (Å²) in [5.74, 6) is 3.70. The number of ether oxygens (including phenoxy) is 2. The molecule has 11 nitrogen and oxygen atoms in total. The van der Waals surface area contributed by atoms with E-state index in [1.165, 1.54) is 54.9 Å². The lowest BCUT2D eigenvalue weighted by Crippen LogP contribution is -2.35. The van der Waals surface area contributed by atoms with E-state index in [0.717, 1.165) is 6.07 Å². The first kappa shape index (κ1) is 31.9. The van der Waals surface area contributed by atoms with Crippen molar-refractivity contribution in [2.45, 2.75) is 32.8 Å². The van der Waals surface area contributed by atoms with Gasteiger partial charge in [0.05, 0.1) is 18.3 Å². The van der Waals surface area contributed by atoms with E-state index in [4.69, 9.17) is 15.2 Å². The van der Waals surface area contributed by atoms with E-state index in [2.05, 4.69) is 37.8 Å². The van der Waals surface area contributed by atoms with Gasteiger partial charge in [-0.1, -0.05) is 18.1 Å². The first-order valence-corrected chi connectivity index (χ1v) is 13.4. The largest absolute Gasteiger partial charge is 0.453 e. The molecule has 0 saturated carbocycles. The highest BCUT2D eigenvalue weighted by Crippen LogP contribution is 2.30. The number of nitrogens with two attached hydrogens (primary N) is 1. The van der Waals surface area contributed by atoms with Crippen LogP contribution in [-0.4, -0.2) is 33.6 Å². The molecule has 0 aliphatic carbocycles. The van der Waals surface area contributed by atoms with Crippen LogP contribution < -0.4 is 26.4 Å². The molecule has 0 fully saturated rings. The number of halogens is 2. The lowest BCUT2D eigenvalue weighted by Gasteiger charge is -2.19. The molecule has 0 aliphatic rings. The van der Waals surface area contributed by atoms with Gasteiger partial charge in [0.2, 0.25) is 5.91 Å². The van der Waals surface area contributed by atoms with E-state index in [1.807, 2.05) is 0 Å². The van der Waals surface area contributed by atoms with Crippen LogP contribution in [0.3, 0.4) is 0 Å². The Labute approximate surface area is 257 Å². The van der Waals surface area contributed by atoms with Crippen LogP contribution in [0.1, 0.15) is 37.6 Å². The standard InChI is InChI=1S/C32H28F2N6O5/c1-32(2,3)45-31(43)39-23-9-8-21(37-18-23)10-12-24-26(14-15-36-29(24)35)44-27-13-11-22(17-25(27)34)38-30(42)40-28(41)16-19-4-6-20(33)7-5-19/h4-9,11,13-15,17-18H,16H2,1-3H3,(H2,35,36)(H,39,43)(H2,38,40,41,42). The molecule has 2 aromatic carbocycles. The van der Waals surface area contributed by atoms with Crippen LogP contribution in [0.4, 0.5) is 35.6 Å². The predicted molar refractivity (Wildman–Crippen MR) is 162 cm³/mol. The molecule has 230 valence electrons. The number of carbonyl (C=O) groups excluding carboxylic acids is 3. The third-order valence-electron chi connectivity index (χ3n) is 5.61. The number of nitrogens with one attached hydrogen (secondary N) is 3. The Balaban J connectivity index is 1.39. The van der Waals surface area contributed by atoms with Gasteiger partial charge in [-0.25, -0.2) is 28.3 Å². The van der Waals surface area contributed by atoms with Gasteiger partial charge in [-0.15, -0.1) is 0 Å². The number of hydrogen-bond acceptors (Lipinski definition) is 8. The Morgan fingerprint density at radius 1 is 0.889 bits per heavy atom. The number of imide groups is 1. The van der Waals surface area contributed by atoms with Crippen LogP contribution >= 0.6 is 0 Å². The van der Waals surface area contributed by atoms with Gasteiger partial charge < -0.3 is 20.5 Å². The lowest BCUT2D eigenvalue weighted by molar-refractivity contribution is -0.119. The van der Waals surface area contributed by atoms with Crippen LogP contribution in [0.15, 0.2) is 73.1 Å². The molecule has 2 aromatic heterocycles. The van der Waals surface area contributed by atoms with Gasteiger partial charge in [0.25, 0.3) is 0 Å². The number of anilines is 3. The number of amides is 4. The van der Waals surface area contributed by atoms with Gasteiger partial charge in [-0.3, -0.25) is 15.4 Å². The highest BCUT2D eigenvalue weighted by atomic mass is 19.1. The van der Waals surface area contributed by atoms with Crippen molar-refractivity contribution in [1.29, 1.82) is 0 Å². The highest BCUT2D eigenvalue weighted by molar-refractivity contribution is 6.01. The maximum Gasteiger partial charge on any atom is 0.412 e. The summed E-state index contributed by atoms with van der Waals surface area (Å²) >= 11 is 0. The zero-order valence-corrected chi connectivity index (χ0v) is 24.4. The molecule has 45 heavy (non-hydrogen) atoms. The summed E-state index contributed by atoms with van der Waals surface area (Å²) < 4.78 is 38.9. The average Bonchev–Trinajstić information content (AvgIpc) is 2.95. The molecule has 0 bridgehead atoms. The molecule has 0 radical (unpaired) electrons. The fourth-order valence-corrected chi connectivity index (χ4v) is 3.66. The number of nitrogens with zero attached hydrogens (tertiary/aromatic N) is 2. The second kappa shape index (κ2) is 14.0. The minimum absolute atomic E-state index is 0.0314. The van der Waals surface area contributed by atoms with Crippen LogP contribution in [0.5, 0.6) is 11.5 Å². The molecular weight excluding hydrogens is 586 g/mol. The minimum Gasteiger partial charge on any atom is -0.453 e. The number of carbonyl (C=O) groups is 3. The lowest BCUT2D eigenvalue weighted by atomic mass is 10.1. The number of benzene rings is 2. The molecule has 4 aromatic rings. The van der Waals surface area contributed by atoms with Gasteiger partial charge in [-0.05, 0) is 68.7 Å². The van der Waals surface area contributed by atoms with Crippen LogP contribution in [0.2, 0.25) is 0 Å². The average molecular weight is 615 g/mol. The molecule has 4 amide bonds. The Bertz CT molecular complexity index is 1780. The number of rotatable bonds is 6. The number of nitrogen functional groups attached to an aromatic ring is 1. The van der Waals surface area contributed by atoms with Crippen LogP contribution in [-0.2, 0) is 16.0 Å². The number of urea groups is 1. The molecule has 0 spiro atoms. The molecule has 5 N–H and O–H groups in total. The maximum atomic E-state index is 14.9. The van der Waals surface area contributed by atoms with Crippen molar-refractivity contribution in [3.63, 3.8) is 0 Å². The Morgan fingerprint density at radius 3 is 2.29 bits per heavy atom. The SMILES string of the molecule is CC(C)(C)OC(=O)Nc1ccc(C#Cc2c(Oc3ccc(NC(=O)NC(=O)Cc4ccc(F)cc4)cc3F)ccnc2N)nc1. The number of hydrogen-bond donors (Lipinski definition) is 4. The minimum atomic E-state index is -0.878. The normalized spacial score (nSPS) is 10.6. The molecule has 0 saturated heterocycles. The number of pyridine rings is 2. The predicted octanol–water partition coefficient (Wildman–Crippen LogP) is 5.77. The molecule has 0 unspecified atom stereocenters. The topological polar surface area (TPSA) is 158 Å². The molecule has 2 heterocycles. The van der Waals surface area contributed by atoms with Crippen molar-refractivity contribution in [2.75, 3.05) is 16.4 Å². The third-order valence-corrected chi connectivity index (χ3v) is 5.61. The maximum absolute atomic E-state index is 14.9. The zero-order valence-electron chi connectivity index (χ0n) is 24.4. The van der Waals surface area contributed by atoms with E-state index in [0.29, 0.717) is 16.9 Å². The summed E-state index contributed by atoms with van der Waals surface area (Å²) in [4.78, 5) is 44.5. The first-order chi connectivity index (χ1) is 21.3. The van der Waals surface area contributed by atoms with Gasteiger partial charge in [0, 0.05) is 24.0 Å². The summed E-state index contributed by atoms with van der Waals surface area (Å²) in [6, 6.07) is 12.7. The zero-order chi connectivity index (χ0) is 32.6. The molecule has 0 atom stereocenters. The quantitative estimate of drug-likeness (QED) is 0.200. The molecular formula is C32H28F2N6O5. The summed E-state index contributed by atoms with van der Waals surface area (Å²) in [5.41, 5.74) is 6.85. The van der Waals surface area contributed by atoms with Gasteiger partial charge in [0.15, 0.2) is 11.6 Å². The van der Waals surface area contributed by atoms with Gasteiger partial charge in [-0.2, -0.15) is 0 Å². The molecule has 4 rings (SSSR count). The second-order valence-electron chi connectivity index (χ2n) is 10.4. The fourth-order valence-electron chi connectivity index (χ4n) is 3.66. The smallest absolute Gasteiger partial charge is 0.412 e. The molecule has 0 aliphatic heterocycles. The van der Waals surface area contributed by atoms with E-state index in [9.17, 15) is 23.2 Å². The van der Waals surface area contributed by atoms with Gasteiger partial charge >= 0.3 is 12.1 Å². The fraction of sp³-hybridized carbons (Fsp3) is 0.156. The van der Waals surface area contributed by atoms with E-state index >= 15 is 0 Å². The summed E-state index contributed by atoms with van der Waals surface area (Å²) in [7, 11) is 0. The highest BCUT2D eigenvalue weighted by Gasteiger charge is 2.17. The van der Waals surface area contributed by atoms with E-state index in [-0.39, 0.29) is 35.0 Å².